The summed E-state index contributed by atoms with van der Waals surface area (Å²) in [5.74, 6) is -1.67. The van der Waals surface area contributed by atoms with E-state index in [1.807, 2.05) is 24.3 Å². The highest BCUT2D eigenvalue weighted by molar-refractivity contribution is 5.97. The van der Waals surface area contributed by atoms with Crippen molar-refractivity contribution in [2.45, 2.75) is 50.0 Å². The topological polar surface area (TPSA) is 170 Å². The molecular weight excluding hydrogens is 438 g/mol. The number of aliphatic hydroxyl groups excluding tert-OH is 2. The summed E-state index contributed by atoms with van der Waals surface area (Å²) < 4.78 is 0. The zero-order valence-electron chi connectivity index (χ0n) is 18.8. The number of para-hydroxylation sites is 1. The highest BCUT2D eigenvalue weighted by Crippen LogP contribution is 2.23. The van der Waals surface area contributed by atoms with Crippen LogP contribution < -0.4 is 21.7 Å². The van der Waals surface area contributed by atoms with Crippen LogP contribution in [0.5, 0.6) is 0 Å². The summed E-state index contributed by atoms with van der Waals surface area (Å²) in [6.07, 6.45) is 2.22. The SMILES string of the molecule is NC(=O)C(Cc1c[nH]c2ccccc12)NC(=O)C1=CC(NC(=O)C2CCNCC2)C(O)C(O)C1. The number of aromatic amines is 1. The van der Waals surface area contributed by atoms with Gasteiger partial charge in [0, 0.05) is 41.4 Å². The normalized spacial score (nSPS) is 24.3. The molecule has 0 saturated carbocycles. The first kappa shape index (κ1) is 23.9. The fourth-order valence-electron chi connectivity index (χ4n) is 4.62. The van der Waals surface area contributed by atoms with Crippen LogP contribution in [0.15, 0.2) is 42.1 Å². The number of fused-ring (bicyclic) bond motifs is 1. The maximum Gasteiger partial charge on any atom is 0.247 e. The molecule has 1 fully saturated rings. The molecule has 2 aromatic rings. The number of carbonyl (C=O) groups excluding carboxylic acids is 3. The lowest BCUT2D eigenvalue weighted by Crippen LogP contribution is -2.53. The third kappa shape index (κ3) is 5.30. The average molecular weight is 470 g/mol. The van der Waals surface area contributed by atoms with E-state index < -0.39 is 36.1 Å². The molecule has 1 aromatic heterocycles. The Morgan fingerprint density at radius 2 is 1.88 bits per heavy atom. The van der Waals surface area contributed by atoms with Gasteiger partial charge in [0.1, 0.15) is 12.1 Å². The van der Waals surface area contributed by atoms with Crippen LogP contribution in [-0.2, 0) is 20.8 Å². The number of piperidine rings is 1. The van der Waals surface area contributed by atoms with Gasteiger partial charge in [-0.1, -0.05) is 24.3 Å². The first-order chi connectivity index (χ1) is 16.3. The van der Waals surface area contributed by atoms with E-state index in [2.05, 4.69) is 20.9 Å². The van der Waals surface area contributed by atoms with Crippen LogP contribution in [-0.4, -0.2) is 70.3 Å². The largest absolute Gasteiger partial charge is 0.390 e. The van der Waals surface area contributed by atoms with Crippen molar-refractivity contribution in [3.05, 3.63) is 47.7 Å². The van der Waals surface area contributed by atoms with Gasteiger partial charge in [0.2, 0.25) is 17.7 Å². The van der Waals surface area contributed by atoms with E-state index in [0.29, 0.717) is 12.8 Å². The van der Waals surface area contributed by atoms with Gasteiger partial charge in [-0.05, 0) is 37.6 Å². The summed E-state index contributed by atoms with van der Waals surface area (Å²) in [6, 6.07) is 5.72. The van der Waals surface area contributed by atoms with Crippen molar-refractivity contribution in [2.75, 3.05) is 13.1 Å². The minimum Gasteiger partial charge on any atom is -0.390 e. The monoisotopic (exact) mass is 469 g/mol. The Hall–Kier alpha value is -3.21. The molecule has 10 heteroatoms. The van der Waals surface area contributed by atoms with Crippen LogP contribution >= 0.6 is 0 Å². The van der Waals surface area contributed by atoms with E-state index in [1.165, 1.54) is 6.08 Å². The van der Waals surface area contributed by atoms with Crippen LogP contribution in [0.25, 0.3) is 10.9 Å². The summed E-state index contributed by atoms with van der Waals surface area (Å²) >= 11 is 0. The molecule has 34 heavy (non-hydrogen) atoms. The van der Waals surface area contributed by atoms with E-state index in [1.54, 1.807) is 6.20 Å². The lowest BCUT2D eigenvalue weighted by atomic mass is 9.88. The van der Waals surface area contributed by atoms with Crippen LogP contribution in [0.4, 0.5) is 0 Å². The molecule has 4 rings (SSSR count). The molecule has 0 bridgehead atoms. The highest BCUT2D eigenvalue weighted by Gasteiger charge is 2.35. The van der Waals surface area contributed by atoms with Crippen molar-refractivity contribution >= 4 is 28.6 Å². The van der Waals surface area contributed by atoms with Gasteiger partial charge in [-0.2, -0.15) is 0 Å². The molecule has 1 saturated heterocycles. The maximum absolute atomic E-state index is 13.0. The fraction of sp³-hybridized carbons (Fsp3) is 0.458. The summed E-state index contributed by atoms with van der Waals surface area (Å²) in [7, 11) is 0. The Morgan fingerprint density at radius 1 is 1.15 bits per heavy atom. The minimum absolute atomic E-state index is 0.106. The van der Waals surface area contributed by atoms with Crippen LogP contribution in [0.2, 0.25) is 0 Å². The van der Waals surface area contributed by atoms with Crippen molar-refractivity contribution in [1.82, 2.24) is 20.9 Å². The van der Waals surface area contributed by atoms with Crippen molar-refractivity contribution in [3.8, 4) is 0 Å². The summed E-state index contributed by atoms with van der Waals surface area (Å²) in [5, 5.41) is 30.3. The van der Waals surface area contributed by atoms with Gasteiger partial charge < -0.3 is 36.9 Å². The number of carbonyl (C=O) groups is 3. The molecule has 4 atom stereocenters. The van der Waals surface area contributed by atoms with Gasteiger partial charge >= 0.3 is 0 Å². The minimum atomic E-state index is -1.24. The van der Waals surface area contributed by atoms with E-state index >= 15 is 0 Å². The van der Waals surface area contributed by atoms with E-state index in [9.17, 15) is 24.6 Å². The first-order valence-corrected chi connectivity index (χ1v) is 11.6. The number of hydrogen-bond acceptors (Lipinski definition) is 6. The molecule has 8 N–H and O–H groups in total. The molecule has 1 aliphatic carbocycles. The van der Waals surface area contributed by atoms with Crippen molar-refractivity contribution in [1.29, 1.82) is 0 Å². The number of aliphatic hydroxyl groups is 2. The number of amides is 3. The number of primary amides is 1. The van der Waals surface area contributed by atoms with Crippen LogP contribution in [0.3, 0.4) is 0 Å². The molecule has 3 amide bonds. The Morgan fingerprint density at radius 3 is 2.62 bits per heavy atom. The van der Waals surface area contributed by atoms with E-state index in [0.717, 1.165) is 29.6 Å². The summed E-state index contributed by atoms with van der Waals surface area (Å²) in [6.45, 7) is 1.48. The van der Waals surface area contributed by atoms with Gasteiger partial charge in [-0.25, -0.2) is 0 Å². The summed E-state index contributed by atoms with van der Waals surface area (Å²) in [4.78, 5) is 40.8. The molecule has 10 nitrogen and oxygen atoms in total. The Labute approximate surface area is 197 Å². The number of nitrogens with one attached hydrogen (secondary N) is 4. The predicted molar refractivity (Wildman–Crippen MR) is 125 cm³/mol. The van der Waals surface area contributed by atoms with Crippen molar-refractivity contribution in [2.24, 2.45) is 11.7 Å². The molecule has 2 heterocycles. The molecule has 4 unspecified atom stereocenters. The predicted octanol–water partition coefficient (Wildman–Crippen LogP) is -0.783. The molecule has 0 spiro atoms. The second kappa shape index (κ2) is 10.4. The molecule has 1 aliphatic heterocycles. The second-order valence-corrected chi connectivity index (χ2v) is 9.00. The second-order valence-electron chi connectivity index (χ2n) is 9.00. The molecular formula is C24H31N5O5. The van der Waals surface area contributed by atoms with Gasteiger partial charge in [0.05, 0.1) is 12.1 Å². The maximum atomic E-state index is 13.0. The molecule has 2 aliphatic rings. The van der Waals surface area contributed by atoms with Crippen molar-refractivity contribution in [3.63, 3.8) is 0 Å². The van der Waals surface area contributed by atoms with Gasteiger partial charge in [0.25, 0.3) is 0 Å². The zero-order valence-corrected chi connectivity index (χ0v) is 18.8. The van der Waals surface area contributed by atoms with E-state index in [-0.39, 0.29) is 30.2 Å². The fourth-order valence-corrected chi connectivity index (χ4v) is 4.62. The number of benzene rings is 1. The Balaban J connectivity index is 1.46. The van der Waals surface area contributed by atoms with Gasteiger partial charge in [-0.3, -0.25) is 14.4 Å². The number of rotatable bonds is 7. The lowest BCUT2D eigenvalue weighted by Gasteiger charge is -2.33. The zero-order chi connectivity index (χ0) is 24.2. The standard InChI is InChI=1S/C24H31N5O5/c25-22(32)19(10-15-12-27-17-4-2-1-3-16(15)17)29-24(34)14-9-18(21(31)20(30)11-14)28-23(33)13-5-7-26-8-6-13/h1-4,9,12-13,18-21,26-27,30-31H,5-8,10-11H2,(H2,25,32)(H,28,33)(H,29,34). The highest BCUT2D eigenvalue weighted by atomic mass is 16.3. The number of nitrogens with two attached hydrogens (primary N) is 1. The Bertz CT molecular complexity index is 1090. The number of aromatic nitrogens is 1. The summed E-state index contributed by atoms with van der Waals surface area (Å²) in [5.41, 5.74) is 7.49. The third-order valence-corrected chi connectivity index (χ3v) is 6.63. The third-order valence-electron chi connectivity index (χ3n) is 6.63. The lowest BCUT2D eigenvalue weighted by molar-refractivity contribution is -0.128. The Kier molecular flexibility index (Phi) is 7.30. The molecule has 182 valence electrons. The van der Waals surface area contributed by atoms with Crippen LogP contribution in [0.1, 0.15) is 24.8 Å². The molecule has 1 aromatic carbocycles. The smallest absolute Gasteiger partial charge is 0.247 e. The number of hydrogen-bond donors (Lipinski definition) is 7. The first-order valence-electron chi connectivity index (χ1n) is 11.6. The van der Waals surface area contributed by atoms with Gasteiger partial charge in [-0.15, -0.1) is 0 Å². The number of H-pyrrole nitrogens is 1. The van der Waals surface area contributed by atoms with Gasteiger partial charge in [0.15, 0.2) is 0 Å². The quantitative estimate of drug-likeness (QED) is 0.280. The van der Waals surface area contributed by atoms with E-state index in [4.69, 9.17) is 5.73 Å². The van der Waals surface area contributed by atoms with Crippen LogP contribution in [0, 0.1) is 5.92 Å². The average Bonchev–Trinajstić information content (AvgIpc) is 3.24. The van der Waals surface area contributed by atoms with Crippen molar-refractivity contribution < 1.29 is 24.6 Å². The molecule has 0 radical (unpaired) electrons.